The minimum Gasteiger partial charge on any atom is -0.308 e. The predicted octanol–water partition coefficient (Wildman–Crippen LogP) is 3.80. The van der Waals surface area contributed by atoms with E-state index in [-0.39, 0.29) is 11.5 Å². The van der Waals surface area contributed by atoms with Crippen LogP contribution in [0.4, 0.5) is 13.2 Å². The van der Waals surface area contributed by atoms with E-state index in [4.69, 9.17) is 0 Å². The number of aromatic nitrogens is 1. The van der Waals surface area contributed by atoms with Gasteiger partial charge in [-0.3, -0.25) is 4.98 Å². The molecule has 2 nitrogen and oxygen atoms in total. The number of nitrogens with zero attached hydrogens (tertiary/aromatic N) is 1. The van der Waals surface area contributed by atoms with Crippen molar-refractivity contribution >= 4 is 0 Å². The molecule has 18 heavy (non-hydrogen) atoms. The van der Waals surface area contributed by atoms with Crippen LogP contribution in [-0.2, 0) is 6.18 Å². The van der Waals surface area contributed by atoms with E-state index in [2.05, 4.69) is 10.3 Å². The number of hydrogen-bond acceptors (Lipinski definition) is 2. The van der Waals surface area contributed by atoms with Gasteiger partial charge in [0, 0.05) is 6.20 Å². The molecule has 0 aliphatic carbocycles. The zero-order valence-corrected chi connectivity index (χ0v) is 11.1. The van der Waals surface area contributed by atoms with E-state index in [0.717, 1.165) is 18.8 Å². The van der Waals surface area contributed by atoms with Gasteiger partial charge >= 0.3 is 6.18 Å². The molecule has 0 aromatic carbocycles. The molecular weight excluding hydrogens is 241 g/mol. The number of hydrogen-bond donors (Lipinski definition) is 1. The Morgan fingerprint density at radius 3 is 2.17 bits per heavy atom. The third kappa shape index (κ3) is 3.70. The van der Waals surface area contributed by atoms with Crippen LogP contribution in [0.25, 0.3) is 0 Å². The summed E-state index contributed by atoms with van der Waals surface area (Å²) in [5, 5.41) is 3.25. The third-order valence-electron chi connectivity index (χ3n) is 2.68. The van der Waals surface area contributed by atoms with Crippen molar-refractivity contribution in [1.82, 2.24) is 10.3 Å². The van der Waals surface area contributed by atoms with Crippen LogP contribution in [0, 0.1) is 5.41 Å². The molecule has 0 aliphatic rings. The number of halogens is 3. The van der Waals surface area contributed by atoms with Crippen LogP contribution in [-0.4, -0.2) is 11.5 Å². The highest BCUT2D eigenvalue weighted by Crippen LogP contribution is 2.33. The van der Waals surface area contributed by atoms with Crippen molar-refractivity contribution in [3.05, 3.63) is 29.6 Å². The average Bonchev–Trinajstić information content (AvgIpc) is 2.23. The molecule has 0 bridgehead atoms. The smallest absolute Gasteiger partial charge is 0.308 e. The van der Waals surface area contributed by atoms with Crippen molar-refractivity contribution in [3.63, 3.8) is 0 Å². The molecule has 0 saturated carbocycles. The highest BCUT2D eigenvalue weighted by Gasteiger charge is 2.32. The number of rotatable bonds is 3. The Bertz CT molecular complexity index is 377. The normalized spacial score (nSPS) is 14.6. The second kappa shape index (κ2) is 5.26. The summed E-state index contributed by atoms with van der Waals surface area (Å²) in [6.07, 6.45) is -3.44. The molecule has 1 N–H and O–H groups in total. The van der Waals surface area contributed by atoms with Crippen molar-refractivity contribution in [2.24, 2.45) is 5.41 Å². The van der Waals surface area contributed by atoms with Crippen molar-refractivity contribution in [2.75, 3.05) is 6.54 Å². The molecule has 1 aromatic rings. The zero-order chi connectivity index (χ0) is 14.0. The summed E-state index contributed by atoms with van der Waals surface area (Å²) < 4.78 is 37.3. The van der Waals surface area contributed by atoms with Crippen LogP contribution >= 0.6 is 0 Å². The van der Waals surface area contributed by atoms with Gasteiger partial charge in [-0.2, -0.15) is 13.2 Å². The third-order valence-corrected chi connectivity index (χ3v) is 2.68. The minimum absolute atomic E-state index is 0.0650. The molecule has 1 unspecified atom stereocenters. The van der Waals surface area contributed by atoms with Gasteiger partial charge in [0.05, 0.1) is 17.3 Å². The highest BCUT2D eigenvalue weighted by molar-refractivity contribution is 5.20. The summed E-state index contributed by atoms with van der Waals surface area (Å²) in [6.45, 7) is 8.78. The number of pyridine rings is 1. The van der Waals surface area contributed by atoms with Crippen LogP contribution in [0.1, 0.15) is 45.0 Å². The van der Waals surface area contributed by atoms with Gasteiger partial charge < -0.3 is 5.32 Å². The molecule has 0 spiro atoms. The van der Waals surface area contributed by atoms with E-state index in [1.165, 1.54) is 6.07 Å². The van der Waals surface area contributed by atoms with Crippen LogP contribution in [0.5, 0.6) is 0 Å². The number of alkyl halides is 3. The van der Waals surface area contributed by atoms with Crippen molar-refractivity contribution in [3.8, 4) is 0 Å². The molecule has 0 aliphatic heterocycles. The Hall–Kier alpha value is -1.10. The first-order chi connectivity index (χ1) is 8.16. The first-order valence-electron chi connectivity index (χ1n) is 5.92. The molecule has 1 atom stereocenters. The van der Waals surface area contributed by atoms with Crippen LogP contribution < -0.4 is 5.32 Å². The van der Waals surface area contributed by atoms with E-state index >= 15 is 0 Å². The zero-order valence-electron chi connectivity index (χ0n) is 11.1. The van der Waals surface area contributed by atoms with Crippen LogP contribution in [0.3, 0.4) is 0 Å². The second-order valence-electron chi connectivity index (χ2n) is 5.33. The van der Waals surface area contributed by atoms with Gasteiger partial charge in [0.1, 0.15) is 0 Å². The highest BCUT2D eigenvalue weighted by atomic mass is 19.4. The molecule has 0 radical (unpaired) electrons. The summed E-state index contributed by atoms with van der Waals surface area (Å²) in [6, 6.07) is 2.46. The average molecular weight is 260 g/mol. The van der Waals surface area contributed by atoms with Gasteiger partial charge in [0.25, 0.3) is 0 Å². The Morgan fingerprint density at radius 1 is 1.22 bits per heavy atom. The lowest BCUT2D eigenvalue weighted by molar-refractivity contribution is -0.137. The molecule has 0 amide bonds. The van der Waals surface area contributed by atoms with Crippen molar-refractivity contribution in [2.45, 2.75) is 39.9 Å². The van der Waals surface area contributed by atoms with E-state index in [0.29, 0.717) is 5.69 Å². The van der Waals surface area contributed by atoms with Crippen LogP contribution in [0.2, 0.25) is 0 Å². The molecule has 102 valence electrons. The predicted molar refractivity (Wildman–Crippen MR) is 65.1 cm³/mol. The fourth-order valence-electron chi connectivity index (χ4n) is 1.80. The summed E-state index contributed by atoms with van der Waals surface area (Å²) in [5.74, 6) is 0. The second-order valence-corrected chi connectivity index (χ2v) is 5.33. The fourth-order valence-corrected chi connectivity index (χ4v) is 1.80. The Labute approximate surface area is 106 Å². The molecule has 0 saturated heterocycles. The summed E-state index contributed by atoms with van der Waals surface area (Å²) in [5.41, 5.74) is -0.185. The van der Waals surface area contributed by atoms with Gasteiger partial charge in [0.2, 0.25) is 0 Å². The van der Waals surface area contributed by atoms with E-state index in [1.54, 1.807) is 0 Å². The Balaban J connectivity index is 3.02. The van der Waals surface area contributed by atoms with Gasteiger partial charge in [-0.05, 0) is 24.1 Å². The minimum atomic E-state index is -4.33. The Morgan fingerprint density at radius 2 is 1.83 bits per heavy atom. The van der Waals surface area contributed by atoms with Crippen molar-refractivity contribution < 1.29 is 13.2 Å². The molecule has 1 heterocycles. The maximum atomic E-state index is 12.4. The van der Waals surface area contributed by atoms with Gasteiger partial charge in [0.15, 0.2) is 0 Å². The maximum Gasteiger partial charge on any atom is 0.417 e. The van der Waals surface area contributed by atoms with Gasteiger partial charge in [-0.15, -0.1) is 0 Å². The molecular formula is C13H19F3N2. The topological polar surface area (TPSA) is 24.9 Å². The van der Waals surface area contributed by atoms with E-state index in [9.17, 15) is 13.2 Å². The summed E-state index contributed by atoms with van der Waals surface area (Å²) in [7, 11) is 0. The summed E-state index contributed by atoms with van der Waals surface area (Å²) in [4.78, 5) is 3.95. The van der Waals surface area contributed by atoms with E-state index in [1.807, 2.05) is 27.7 Å². The van der Waals surface area contributed by atoms with Crippen molar-refractivity contribution in [1.29, 1.82) is 0 Å². The fraction of sp³-hybridized carbons (Fsp3) is 0.615. The van der Waals surface area contributed by atoms with Gasteiger partial charge in [-0.1, -0.05) is 27.7 Å². The maximum absolute atomic E-state index is 12.4. The molecule has 1 rings (SSSR count). The van der Waals surface area contributed by atoms with E-state index < -0.39 is 11.7 Å². The quantitative estimate of drug-likeness (QED) is 0.894. The largest absolute Gasteiger partial charge is 0.417 e. The lowest BCUT2D eigenvalue weighted by Gasteiger charge is -2.31. The lowest BCUT2D eigenvalue weighted by atomic mass is 9.84. The SMILES string of the molecule is CCNC(c1ccc(C(F)(F)F)cn1)C(C)(C)C. The first kappa shape index (κ1) is 15.0. The monoisotopic (exact) mass is 260 g/mol. The first-order valence-corrected chi connectivity index (χ1v) is 5.92. The molecule has 1 aromatic heterocycles. The molecule has 0 fully saturated rings. The van der Waals surface area contributed by atoms with Crippen LogP contribution in [0.15, 0.2) is 18.3 Å². The van der Waals surface area contributed by atoms with Gasteiger partial charge in [-0.25, -0.2) is 0 Å². The molecule has 5 heteroatoms. The summed E-state index contributed by atoms with van der Waals surface area (Å²) >= 11 is 0. The Kier molecular flexibility index (Phi) is 4.37. The number of nitrogens with one attached hydrogen (secondary N) is 1. The lowest BCUT2D eigenvalue weighted by Crippen LogP contribution is -2.33. The standard InChI is InChI=1S/C13H19F3N2/c1-5-17-11(12(2,3)4)10-7-6-9(8-18-10)13(14,15)16/h6-8,11,17H,5H2,1-4H3.